The van der Waals surface area contributed by atoms with Crippen molar-refractivity contribution in [2.45, 2.75) is 6.42 Å². The first kappa shape index (κ1) is 11.3. The average molecular weight is 257 g/mol. The number of aryl methyl sites for hydroxylation is 1. The molecule has 1 aromatic heterocycles. The quantitative estimate of drug-likeness (QED) is 0.652. The van der Waals surface area contributed by atoms with Crippen LogP contribution in [-0.4, -0.2) is 15.4 Å². The van der Waals surface area contributed by atoms with Crippen molar-refractivity contribution >= 4 is 22.6 Å². The number of para-hydroxylation sites is 3. The summed E-state index contributed by atoms with van der Waals surface area (Å²) in [5, 5.41) is 0. The Morgan fingerprint density at radius 1 is 1.00 bits per heavy atom. The molecule has 3 rings (SSSR count). The number of rotatable bonds is 3. The standard InChI is InChI=1S/C15H13ClN2/c16-10-9-12-5-1-3-7-14(12)18-11-17-13-6-2-4-8-15(13)18/h1-8,11H,9-10H2. The molecule has 0 bridgehead atoms. The van der Waals surface area contributed by atoms with Gasteiger partial charge in [-0.2, -0.15) is 0 Å². The van der Waals surface area contributed by atoms with E-state index >= 15 is 0 Å². The Labute approximate surface area is 111 Å². The maximum Gasteiger partial charge on any atom is 0.100 e. The van der Waals surface area contributed by atoms with E-state index in [1.807, 2.05) is 36.7 Å². The van der Waals surface area contributed by atoms with Gasteiger partial charge in [-0.3, -0.25) is 4.57 Å². The fourth-order valence-corrected chi connectivity index (χ4v) is 2.41. The molecule has 1 heterocycles. The average Bonchev–Trinajstić information content (AvgIpc) is 2.84. The van der Waals surface area contributed by atoms with Crippen molar-refractivity contribution in [2.24, 2.45) is 0 Å². The van der Waals surface area contributed by atoms with Crippen molar-refractivity contribution in [1.82, 2.24) is 9.55 Å². The number of halogens is 1. The minimum absolute atomic E-state index is 0.629. The van der Waals surface area contributed by atoms with Gasteiger partial charge in [0, 0.05) is 5.88 Å². The summed E-state index contributed by atoms with van der Waals surface area (Å²) in [6.07, 6.45) is 2.74. The summed E-state index contributed by atoms with van der Waals surface area (Å²) in [4.78, 5) is 4.43. The van der Waals surface area contributed by atoms with Crippen molar-refractivity contribution in [3.63, 3.8) is 0 Å². The van der Waals surface area contributed by atoms with Crippen LogP contribution in [0.25, 0.3) is 16.7 Å². The molecule has 18 heavy (non-hydrogen) atoms. The number of aromatic nitrogens is 2. The Bertz CT molecular complexity index is 673. The Hall–Kier alpha value is -1.80. The zero-order valence-electron chi connectivity index (χ0n) is 9.88. The number of imidazole rings is 1. The maximum atomic E-state index is 5.86. The van der Waals surface area contributed by atoms with Crippen LogP contribution in [0, 0.1) is 0 Å². The number of benzene rings is 2. The predicted molar refractivity (Wildman–Crippen MR) is 75.5 cm³/mol. The molecule has 0 unspecified atom stereocenters. The van der Waals surface area contributed by atoms with Gasteiger partial charge in [0.25, 0.3) is 0 Å². The van der Waals surface area contributed by atoms with Crippen LogP contribution in [0.5, 0.6) is 0 Å². The van der Waals surface area contributed by atoms with E-state index in [9.17, 15) is 0 Å². The first-order chi connectivity index (χ1) is 8.90. The molecular formula is C15H13ClN2. The van der Waals surface area contributed by atoms with E-state index < -0.39 is 0 Å². The highest BCUT2D eigenvalue weighted by Crippen LogP contribution is 2.21. The highest BCUT2D eigenvalue weighted by atomic mass is 35.5. The van der Waals surface area contributed by atoms with Gasteiger partial charge >= 0.3 is 0 Å². The van der Waals surface area contributed by atoms with Gasteiger partial charge in [-0.1, -0.05) is 30.3 Å². The summed E-state index contributed by atoms with van der Waals surface area (Å²) in [6.45, 7) is 0. The molecule has 2 aromatic carbocycles. The van der Waals surface area contributed by atoms with Crippen LogP contribution in [0.3, 0.4) is 0 Å². The molecule has 0 atom stereocenters. The molecule has 0 fully saturated rings. The number of nitrogens with zero attached hydrogens (tertiary/aromatic N) is 2. The SMILES string of the molecule is ClCCc1ccccc1-n1cnc2ccccc21. The molecule has 0 N–H and O–H groups in total. The highest BCUT2D eigenvalue weighted by molar-refractivity contribution is 6.18. The molecule has 3 aromatic rings. The minimum Gasteiger partial charge on any atom is -0.299 e. The van der Waals surface area contributed by atoms with Gasteiger partial charge in [-0.15, -0.1) is 11.6 Å². The molecule has 0 radical (unpaired) electrons. The van der Waals surface area contributed by atoms with Crippen LogP contribution in [0.4, 0.5) is 0 Å². The van der Waals surface area contributed by atoms with Crippen LogP contribution >= 0.6 is 11.6 Å². The van der Waals surface area contributed by atoms with Gasteiger partial charge in [-0.25, -0.2) is 4.98 Å². The largest absolute Gasteiger partial charge is 0.299 e. The molecule has 90 valence electrons. The molecule has 0 aliphatic carbocycles. The van der Waals surface area contributed by atoms with Crippen molar-refractivity contribution in [3.05, 3.63) is 60.4 Å². The van der Waals surface area contributed by atoms with E-state index in [0.717, 1.165) is 23.1 Å². The molecular weight excluding hydrogens is 244 g/mol. The number of hydrogen-bond donors (Lipinski definition) is 0. The van der Waals surface area contributed by atoms with E-state index in [-0.39, 0.29) is 0 Å². The van der Waals surface area contributed by atoms with Crippen molar-refractivity contribution in [2.75, 3.05) is 5.88 Å². The monoisotopic (exact) mass is 256 g/mol. The van der Waals surface area contributed by atoms with Gasteiger partial charge in [-0.05, 0) is 30.2 Å². The van der Waals surface area contributed by atoms with Gasteiger partial charge in [0.2, 0.25) is 0 Å². The zero-order chi connectivity index (χ0) is 12.4. The van der Waals surface area contributed by atoms with Gasteiger partial charge in [0.1, 0.15) is 6.33 Å². The maximum absolute atomic E-state index is 5.86. The number of hydrogen-bond acceptors (Lipinski definition) is 1. The number of alkyl halides is 1. The predicted octanol–water partition coefficient (Wildman–Crippen LogP) is 3.81. The van der Waals surface area contributed by atoms with Gasteiger partial charge in [0.15, 0.2) is 0 Å². The summed E-state index contributed by atoms with van der Waals surface area (Å²) in [5.74, 6) is 0.629. The Kier molecular flexibility index (Phi) is 3.03. The van der Waals surface area contributed by atoms with Crippen LogP contribution in [-0.2, 0) is 6.42 Å². The molecule has 0 amide bonds. The molecule has 0 saturated heterocycles. The van der Waals surface area contributed by atoms with Crippen molar-refractivity contribution < 1.29 is 0 Å². The Balaban J connectivity index is 2.20. The molecule has 0 aliphatic heterocycles. The van der Waals surface area contributed by atoms with E-state index in [1.165, 1.54) is 5.56 Å². The molecule has 2 nitrogen and oxygen atoms in total. The summed E-state index contributed by atoms with van der Waals surface area (Å²) in [7, 11) is 0. The molecule has 0 saturated carbocycles. The second-order valence-electron chi connectivity index (χ2n) is 4.17. The Morgan fingerprint density at radius 2 is 1.78 bits per heavy atom. The van der Waals surface area contributed by atoms with Crippen molar-refractivity contribution in [1.29, 1.82) is 0 Å². The van der Waals surface area contributed by atoms with Crippen LogP contribution < -0.4 is 0 Å². The van der Waals surface area contributed by atoms with E-state index in [0.29, 0.717) is 5.88 Å². The molecule has 3 heteroatoms. The summed E-state index contributed by atoms with van der Waals surface area (Å²) in [6, 6.07) is 16.5. The fourth-order valence-electron chi connectivity index (χ4n) is 2.21. The van der Waals surface area contributed by atoms with Gasteiger partial charge in [0.05, 0.1) is 16.7 Å². The van der Waals surface area contributed by atoms with E-state index in [1.54, 1.807) is 0 Å². The van der Waals surface area contributed by atoms with E-state index in [2.05, 4.69) is 27.8 Å². The molecule has 0 spiro atoms. The first-order valence-corrected chi connectivity index (χ1v) is 6.50. The lowest BCUT2D eigenvalue weighted by Crippen LogP contribution is -1.98. The topological polar surface area (TPSA) is 17.8 Å². The van der Waals surface area contributed by atoms with Crippen LogP contribution in [0.15, 0.2) is 54.9 Å². The zero-order valence-corrected chi connectivity index (χ0v) is 10.6. The smallest absolute Gasteiger partial charge is 0.100 e. The minimum atomic E-state index is 0.629. The normalized spacial score (nSPS) is 10.9. The third-order valence-corrected chi connectivity index (χ3v) is 3.26. The first-order valence-electron chi connectivity index (χ1n) is 5.96. The third-order valence-electron chi connectivity index (χ3n) is 3.07. The van der Waals surface area contributed by atoms with E-state index in [4.69, 9.17) is 11.6 Å². The summed E-state index contributed by atoms with van der Waals surface area (Å²) < 4.78 is 2.12. The summed E-state index contributed by atoms with van der Waals surface area (Å²) >= 11 is 5.86. The number of fused-ring (bicyclic) bond motifs is 1. The second kappa shape index (κ2) is 4.83. The third kappa shape index (κ3) is 1.89. The Morgan fingerprint density at radius 3 is 2.67 bits per heavy atom. The van der Waals surface area contributed by atoms with Crippen molar-refractivity contribution in [3.8, 4) is 5.69 Å². The fraction of sp³-hybridized carbons (Fsp3) is 0.133. The van der Waals surface area contributed by atoms with Crippen LogP contribution in [0.2, 0.25) is 0 Å². The molecule has 0 aliphatic rings. The van der Waals surface area contributed by atoms with Crippen LogP contribution in [0.1, 0.15) is 5.56 Å². The summed E-state index contributed by atoms with van der Waals surface area (Å²) in [5.41, 5.74) is 4.54. The lowest BCUT2D eigenvalue weighted by atomic mass is 10.1. The second-order valence-corrected chi connectivity index (χ2v) is 4.55. The lowest BCUT2D eigenvalue weighted by Gasteiger charge is -2.10. The highest BCUT2D eigenvalue weighted by Gasteiger charge is 2.07. The lowest BCUT2D eigenvalue weighted by molar-refractivity contribution is 1.03. The van der Waals surface area contributed by atoms with Gasteiger partial charge < -0.3 is 0 Å².